The van der Waals surface area contributed by atoms with Crippen LogP contribution in [0.25, 0.3) is 11.4 Å². The molecule has 1 heterocycles. The average molecular weight is 364 g/mol. The second-order valence-electron chi connectivity index (χ2n) is 5.40. The van der Waals surface area contributed by atoms with E-state index in [0.717, 1.165) is 24.1 Å². The third-order valence-corrected chi connectivity index (χ3v) is 5.25. The third kappa shape index (κ3) is 3.74. The van der Waals surface area contributed by atoms with Crippen molar-refractivity contribution in [2.24, 2.45) is 0 Å². The molecule has 3 aromatic rings. The second kappa shape index (κ2) is 6.72. The number of hydrogen-bond acceptors (Lipinski definition) is 5. The molecule has 0 unspecified atom stereocenters. The van der Waals surface area contributed by atoms with E-state index >= 15 is 0 Å². The Labute approximate surface area is 143 Å². The van der Waals surface area contributed by atoms with E-state index in [1.54, 1.807) is 0 Å². The van der Waals surface area contributed by atoms with Crippen LogP contribution >= 0.6 is 0 Å². The molecule has 3 rings (SSSR count). The maximum absolute atomic E-state index is 13.2. The molecule has 0 fully saturated rings. The van der Waals surface area contributed by atoms with Crippen LogP contribution in [0.5, 0.6) is 0 Å². The van der Waals surface area contributed by atoms with Crippen molar-refractivity contribution in [3.05, 3.63) is 65.6 Å². The SMILES string of the molecule is CCc1ccc(-c2noc(CS(=O)(=O)c3ccc(F)c(F)c3)n2)cc1. The summed E-state index contributed by atoms with van der Waals surface area (Å²) in [7, 11) is -3.94. The van der Waals surface area contributed by atoms with Crippen molar-refractivity contribution in [1.82, 2.24) is 10.1 Å². The Bertz CT molecular complexity index is 999. The quantitative estimate of drug-likeness (QED) is 0.648. The van der Waals surface area contributed by atoms with Gasteiger partial charge in [0, 0.05) is 5.56 Å². The smallest absolute Gasteiger partial charge is 0.242 e. The molecule has 0 aliphatic heterocycles. The van der Waals surface area contributed by atoms with Gasteiger partial charge in [0.15, 0.2) is 21.5 Å². The van der Waals surface area contributed by atoms with Crippen LogP contribution in [-0.4, -0.2) is 18.6 Å². The molecular formula is C17H14F2N2O3S. The highest BCUT2D eigenvalue weighted by Gasteiger charge is 2.21. The van der Waals surface area contributed by atoms with Crippen LogP contribution in [0.1, 0.15) is 18.4 Å². The summed E-state index contributed by atoms with van der Waals surface area (Å²) in [5, 5.41) is 3.77. The topological polar surface area (TPSA) is 73.1 Å². The fourth-order valence-electron chi connectivity index (χ4n) is 2.24. The van der Waals surface area contributed by atoms with Crippen molar-refractivity contribution in [1.29, 1.82) is 0 Å². The minimum absolute atomic E-state index is 0.126. The van der Waals surface area contributed by atoms with Gasteiger partial charge in [-0.2, -0.15) is 4.98 Å². The summed E-state index contributed by atoms with van der Waals surface area (Å²) in [6, 6.07) is 9.86. The van der Waals surface area contributed by atoms with Crippen LogP contribution in [0.3, 0.4) is 0 Å². The molecule has 25 heavy (non-hydrogen) atoms. The molecule has 5 nitrogen and oxygen atoms in total. The maximum Gasteiger partial charge on any atom is 0.242 e. The summed E-state index contributed by atoms with van der Waals surface area (Å²) >= 11 is 0. The molecule has 2 aromatic carbocycles. The van der Waals surface area contributed by atoms with Gasteiger partial charge in [-0.3, -0.25) is 0 Å². The van der Waals surface area contributed by atoms with Crippen molar-refractivity contribution in [2.75, 3.05) is 0 Å². The molecule has 0 aliphatic carbocycles. The van der Waals surface area contributed by atoms with Crippen molar-refractivity contribution >= 4 is 9.84 Å². The van der Waals surface area contributed by atoms with Crippen molar-refractivity contribution in [2.45, 2.75) is 24.0 Å². The zero-order valence-electron chi connectivity index (χ0n) is 13.2. The number of rotatable bonds is 5. The Balaban J connectivity index is 1.83. The Kier molecular flexibility index (Phi) is 4.63. The predicted molar refractivity (Wildman–Crippen MR) is 86.4 cm³/mol. The van der Waals surface area contributed by atoms with E-state index in [-0.39, 0.29) is 16.6 Å². The summed E-state index contributed by atoms with van der Waals surface area (Å²) in [4.78, 5) is 3.71. The lowest BCUT2D eigenvalue weighted by Crippen LogP contribution is -2.06. The summed E-state index contributed by atoms with van der Waals surface area (Å²) in [6.07, 6.45) is 0.893. The second-order valence-corrected chi connectivity index (χ2v) is 7.39. The Morgan fingerprint density at radius 1 is 1.04 bits per heavy atom. The molecule has 1 aromatic heterocycles. The molecule has 0 N–H and O–H groups in total. The summed E-state index contributed by atoms with van der Waals surface area (Å²) in [5.74, 6) is -2.81. The summed E-state index contributed by atoms with van der Waals surface area (Å²) in [6.45, 7) is 2.03. The number of sulfone groups is 1. The van der Waals surface area contributed by atoms with E-state index in [0.29, 0.717) is 11.6 Å². The Morgan fingerprint density at radius 3 is 2.40 bits per heavy atom. The molecule has 0 spiro atoms. The lowest BCUT2D eigenvalue weighted by atomic mass is 10.1. The first-order valence-corrected chi connectivity index (χ1v) is 9.14. The highest BCUT2D eigenvalue weighted by molar-refractivity contribution is 7.90. The van der Waals surface area contributed by atoms with Crippen LogP contribution < -0.4 is 0 Å². The van der Waals surface area contributed by atoms with Gasteiger partial charge in [-0.15, -0.1) is 0 Å². The van der Waals surface area contributed by atoms with Gasteiger partial charge in [0.05, 0.1) is 4.90 Å². The zero-order valence-corrected chi connectivity index (χ0v) is 14.1. The van der Waals surface area contributed by atoms with Crippen LogP contribution in [0.15, 0.2) is 51.9 Å². The standard InChI is InChI=1S/C17H14F2N2O3S/c1-2-11-3-5-12(6-4-11)17-20-16(24-21-17)10-25(22,23)13-7-8-14(18)15(19)9-13/h3-9H,2,10H2,1H3. The van der Waals surface area contributed by atoms with Gasteiger partial charge in [0.25, 0.3) is 0 Å². The van der Waals surface area contributed by atoms with Crippen molar-refractivity contribution in [3.8, 4) is 11.4 Å². The first-order valence-electron chi connectivity index (χ1n) is 7.49. The summed E-state index contributed by atoms with van der Waals surface area (Å²) in [5.41, 5.74) is 1.84. The van der Waals surface area contributed by atoms with E-state index in [2.05, 4.69) is 10.1 Å². The molecular weight excluding hydrogens is 350 g/mol. The average Bonchev–Trinajstić information content (AvgIpc) is 3.05. The van der Waals surface area contributed by atoms with Crippen LogP contribution in [-0.2, 0) is 22.0 Å². The van der Waals surface area contributed by atoms with Gasteiger partial charge < -0.3 is 4.52 Å². The van der Waals surface area contributed by atoms with Gasteiger partial charge in [0.2, 0.25) is 11.7 Å². The molecule has 0 atom stereocenters. The molecule has 0 saturated heterocycles. The normalized spacial score (nSPS) is 11.6. The fourth-order valence-corrected chi connectivity index (χ4v) is 3.40. The van der Waals surface area contributed by atoms with E-state index in [1.165, 1.54) is 0 Å². The molecule has 0 bridgehead atoms. The van der Waals surface area contributed by atoms with Crippen LogP contribution in [0.2, 0.25) is 0 Å². The number of halogens is 2. The van der Waals surface area contributed by atoms with Crippen molar-refractivity contribution in [3.63, 3.8) is 0 Å². The van der Waals surface area contributed by atoms with Crippen LogP contribution in [0.4, 0.5) is 8.78 Å². The molecule has 0 saturated carbocycles. The number of hydrogen-bond donors (Lipinski definition) is 0. The number of benzene rings is 2. The van der Waals surface area contributed by atoms with Gasteiger partial charge in [-0.05, 0) is 30.2 Å². The predicted octanol–water partition coefficient (Wildman–Crippen LogP) is 3.55. The molecule has 130 valence electrons. The first-order chi connectivity index (χ1) is 11.9. The van der Waals surface area contributed by atoms with Gasteiger partial charge in [-0.25, -0.2) is 17.2 Å². The highest BCUT2D eigenvalue weighted by Crippen LogP contribution is 2.21. The van der Waals surface area contributed by atoms with E-state index < -0.39 is 27.2 Å². The Hall–Kier alpha value is -2.61. The molecule has 0 radical (unpaired) electrons. The van der Waals surface area contributed by atoms with Crippen LogP contribution in [0, 0.1) is 11.6 Å². The summed E-state index contributed by atoms with van der Waals surface area (Å²) < 4.78 is 55.7. The largest absolute Gasteiger partial charge is 0.338 e. The first kappa shape index (κ1) is 17.2. The van der Waals surface area contributed by atoms with Gasteiger partial charge >= 0.3 is 0 Å². The third-order valence-electron chi connectivity index (χ3n) is 3.65. The van der Waals surface area contributed by atoms with E-state index in [9.17, 15) is 17.2 Å². The number of nitrogens with zero attached hydrogens (tertiary/aromatic N) is 2. The fraction of sp³-hybridized carbons (Fsp3) is 0.176. The lowest BCUT2D eigenvalue weighted by molar-refractivity contribution is 0.389. The molecule has 8 heteroatoms. The van der Waals surface area contributed by atoms with Gasteiger partial charge in [-0.1, -0.05) is 36.3 Å². The van der Waals surface area contributed by atoms with E-state index in [1.807, 2.05) is 31.2 Å². The van der Waals surface area contributed by atoms with E-state index in [4.69, 9.17) is 4.52 Å². The van der Waals surface area contributed by atoms with Gasteiger partial charge in [0.1, 0.15) is 5.75 Å². The molecule has 0 amide bonds. The number of aryl methyl sites for hydroxylation is 1. The molecule has 0 aliphatic rings. The number of aromatic nitrogens is 2. The lowest BCUT2D eigenvalue weighted by Gasteiger charge is -2.02. The van der Waals surface area contributed by atoms with Crippen molar-refractivity contribution < 1.29 is 21.7 Å². The Morgan fingerprint density at radius 2 is 1.76 bits per heavy atom. The minimum atomic E-state index is -3.94. The minimum Gasteiger partial charge on any atom is -0.338 e. The zero-order chi connectivity index (χ0) is 18.0. The monoisotopic (exact) mass is 364 g/mol. The highest BCUT2D eigenvalue weighted by atomic mass is 32.2. The maximum atomic E-state index is 13.2.